The van der Waals surface area contributed by atoms with Gasteiger partial charge < -0.3 is 21.0 Å². The van der Waals surface area contributed by atoms with Crippen molar-refractivity contribution in [3.63, 3.8) is 0 Å². The third-order valence-corrected chi connectivity index (χ3v) is 6.74. The minimum Gasteiger partial charge on any atom is -0.355 e. The van der Waals surface area contributed by atoms with Crippen molar-refractivity contribution < 1.29 is 39.2 Å². The Morgan fingerprint density at radius 2 is 0.766 bits per heavy atom. The molecule has 0 aliphatic carbocycles. The monoisotopic (exact) mass is 756 g/mol. The minimum atomic E-state index is -0.394. The van der Waals surface area contributed by atoms with Gasteiger partial charge in [-0.3, -0.25) is 38.6 Å². The Hall–Kier alpha value is -2.42. The molecule has 0 aromatic heterocycles. The van der Waals surface area contributed by atoms with E-state index < -0.39 is 23.6 Å². The van der Waals surface area contributed by atoms with Crippen molar-refractivity contribution in [2.24, 2.45) is 0 Å². The minimum absolute atomic E-state index is 0. The predicted molar refractivity (Wildman–Crippen MR) is 209 cm³/mol. The van der Waals surface area contributed by atoms with E-state index in [0.717, 1.165) is 23.9 Å². The van der Waals surface area contributed by atoms with E-state index in [1.165, 1.54) is 24.3 Å². The van der Waals surface area contributed by atoms with E-state index in [1.54, 1.807) is 0 Å². The van der Waals surface area contributed by atoms with Crippen molar-refractivity contribution in [1.82, 2.24) is 31.4 Å². The maximum Gasteiger partial charge on any atom is 0.253 e. The number of hydrogen-bond donors (Lipinski definition) is 6. The molecule has 0 saturated carbocycles. The summed E-state index contributed by atoms with van der Waals surface area (Å²) in [7, 11) is 1.74. The molecular weight excluding hydrogens is 686 g/mol. The van der Waals surface area contributed by atoms with Crippen LogP contribution in [0, 0.1) is 0 Å². The van der Waals surface area contributed by atoms with Crippen LogP contribution < -0.4 is 21.6 Å². The van der Waals surface area contributed by atoms with Crippen LogP contribution in [0.2, 0.25) is 0 Å². The second kappa shape index (κ2) is 50.4. The molecule has 6 N–H and O–H groups in total. The maximum atomic E-state index is 11.2. The molecule has 0 unspecified atom stereocenters. The van der Waals surface area contributed by atoms with Gasteiger partial charge in [-0.15, -0.1) is 0 Å². The van der Waals surface area contributed by atoms with Crippen LogP contribution in [0.15, 0.2) is 24.3 Å². The van der Waals surface area contributed by atoms with E-state index in [2.05, 4.69) is 34.2 Å². The van der Waals surface area contributed by atoms with Gasteiger partial charge in [-0.2, -0.15) is 0 Å². The van der Waals surface area contributed by atoms with Crippen molar-refractivity contribution in [1.29, 1.82) is 0 Å². The Bertz CT molecular complexity index is 793. The summed E-state index contributed by atoms with van der Waals surface area (Å²) in [5.41, 5.74) is 3.78. The van der Waals surface area contributed by atoms with Gasteiger partial charge in [-0.25, -0.2) is 11.0 Å². The Balaban J connectivity index is -0.0000000386. The first-order valence-corrected chi connectivity index (χ1v) is 14.7. The largest absolute Gasteiger partial charge is 0.355 e. The average Bonchev–Trinajstić information content (AvgIpc) is 3.36. The SMILES string of the molecule is C.C.C.C.C.C.C.C.C.C.C.O=C(CCN1C(=O)C=CC1=O)NCCNO.O=C(CCN1C(=O)C=CC1=O)NCCNO.S=PP=S. The highest BCUT2D eigenvalue weighted by atomic mass is 32.7. The molecule has 0 saturated heterocycles. The summed E-state index contributed by atoms with van der Waals surface area (Å²) in [4.78, 5) is 68.8. The fraction of sp³-hybridized carbons (Fsp3) is 0.655. The van der Waals surface area contributed by atoms with Gasteiger partial charge in [0, 0.05) is 90.5 Å². The number of rotatable bonds is 13. The standard InChI is InChI=1S/2C9H13N3O4.11CH4.P2S2/c2*13-7(10-4-5-11-16)3-6-12-8(14)1-2-9(12)15;;;;;;;;;;;;3-1-2-4/h2*1-2,11,16H,3-6H2,(H,10,13);11*1H4;. The topological polar surface area (TPSA) is 197 Å². The molecule has 2 aliphatic rings. The first kappa shape index (κ1) is 79.8. The van der Waals surface area contributed by atoms with E-state index in [4.69, 9.17) is 10.4 Å². The van der Waals surface area contributed by atoms with Crippen LogP contribution in [-0.2, 0) is 52.4 Å². The Morgan fingerprint density at radius 3 is 0.957 bits per heavy atom. The van der Waals surface area contributed by atoms with Gasteiger partial charge in [0.05, 0.1) is 0 Å². The number of amides is 6. The molecule has 18 heteroatoms. The summed E-state index contributed by atoms with van der Waals surface area (Å²) in [5.74, 6) is -2.13. The molecule has 47 heavy (non-hydrogen) atoms. The van der Waals surface area contributed by atoms with Crippen LogP contribution in [0.3, 0.4) is 0 Å². The average molecular weight is 757 g/mol. The molecule has 2 heterocycles. The van der Waals surface area contributed by atoms with Gasteiger partial charge in [0.1, 0.15) is 0 Å². The number of hydroxylamine groups is 2. The first-order chi connectivity index (χ1) is 17.2. The fourth-order valence-electron chi connectivity index (χ4n) is 2.42. The smallest absolute Gasteiger partial charge is 0.253 e. The fourth-order valence-corrected chi connectivity index (χ4v) is 2.42. The van der Waals surface area contributed by atoms with Crippen LogP contribution in [0.1, 0.15) is 94.5 Å². The first-order valence-electron chi connectivity index (χ1n) is 10.2. The van der Waals surface area contributed by atoms with Crippen molar-refractivity contribution in [3.8, 4) is 0 Å². The van der Waals surface area contributed by atoms with Crippen LogP contribution >= 0.6 is 14.1 Å². The molecule has 2 aliphatic heterocycles. The second-order valence-corrected chi connectivity index (χ2v) is 10.7. The number of nitrogens with zero attached hydrogens (tertiary/aromatic N) is 2. The lowest BCUT2D eigenvalue weighted by molar-refractivity contribution is -0.139. The predicted octanol–water partition coefficient (Wildman–Crippen LogP) is 5.51. The zero-order valence-corrected chi connectivity index (χ0v) is 22.3. The van der Waals surface area contributed by atoms with Gasteiger partial charge in [0.25, 0.3) is 23.6 Å². The number of carbonyl (C=O) groups excluding carboxylic acids is 6. The second-order valence-electron chi connectivity index (χ2n) is 6.50. The van der Waals surface area contributed by atoms with Crippen LogP contribution in [0.5, 0.6) is 0 Å². The molecule has 2 rings (SSSR count). The molecule has 0 aromatic carbocycles. The number of carbonyl (C=O) groups is 6. The lowest BCUT2D eigenvalue weighted by Gasteiger charge is -2.13. The molecule has 0 radical (unpaired) electrons. The summed E-state index contributed by atoms with van der Waals surface area (Å²) < 4.78 is 0. The summed E-state index contributed by atoms with van der Waals surface area (Å²) in [6.45, 7) is 1.21. The molecular formula is C29H70N6O8P2S2. The Kier molecular flexibility index (Phi) is 85.6. The van der Waals surface area contributed by atoms with Gasteiger partial charge in [0.2, 0.25) is 11.8 Å². The molecule has 0 aromatic rings. The van der Waals surface area contributed by atoms with Gasteiger partial charge in [-0.1, -0.05) is 81.7 Å². The van der Waals surface area contributed by atoms with Gasteiger partial charge in [-0.05, 0) is 23.6 Å². The van der Waals surface area contributed by atoms with Gasteiger partial charge >= 0.3 is 0 Å². The molecule has 6 amide bonds. The highest BCUT2D eigenvalue weighted by Gasteiger charge is 2.24. The maximum absolute atomic E-state index is 11.2. The van der Waals surface area contributed by atoms with Gasteiger partial charge in [0.15, 0.2) is 0 Å². The molecule has 0 spiro atoms. The quantitative estimate of drug-likeness (QED) is 0.0598. The summed E-state index contributed by atoms with van der Waals surface area (Å²) in [6, 6.07) is 0. The third kappa shape index (κ3) is 37.9. The Labute approximate surface area is 301 Å². The van der Waals surface area contributed by atoms with E-state index in [9.17, 15) is 28.8 Å². The van der Waals surface area contributed by atoms with Crippen molar-refractivity contribution in [2.75, 3.05) is 39.3 Å². The molecule has 14 nitrogen and oxygen atoms in total. The summed E-state index contributed by atoms with van der Waals surface area (Å²) >= 11 is 8.82. The molecule has 0 bridgehead atoms. The lowest BCUT2D eigenvalue weighted by Crippen LogP contribution is -2.36. The van der Waals surface area contributed by atoms with E-state index in [-0.39, 0.29) is 146 Å². The molecule has 0 fully saturated rings. The number of nitrogens with one attached hydrogen (secondary N) is 4. The molecule has 286 valence electrons. The van der Waals surface area contributed by atoms with E-state index in [0.29, 0.717) is 0 Å². The van der Waals surface area contributed by atoms with Crippen molar-refractivity contribution in [2.45, 2.75) is 94.5 Å². The molecule has 0 atom stereocenters. The van der Waals surface area contributed by atoms with Crippen LogP contribution in [0.4, 0.5) is 0 Å². The van der Waals surface area contributed by atoms with Crippen molar-refractivity contribution >= 4 is 73.1 Å². The normalized spacial score (nSPS) is 10.8. The summed E-state index contributed by atoms with van der Waals surface area (Å²) in [6.07, 6.45) is 4.83. The van der Waals surface area contributed by atoms with E-state index in [1.807, 2.05) is 11.0 Å². The number of hydrogen-bond acceptors (Lipinski definition) is 12. The Morgan fingerprint density at radius 1 is 0.532 bits per heavy atom. The highest BCUT2D eigenvalue weighted by Crippen LogP contribution is 2.10. The van der Waals surface area contributed by atoms with Crippen molar-refractivity contribution in [3.05, 3.63) is 24.3 Å². The zero-order chi connectivity index (χ0) is 27.3. The summed E-state index contributed by atoms with van der Waals surface area (Å²) in [5, 5.41) is 21.5. The number of imide groups is 2. The van der Waals surface area contributed by atoms with Crippen LogP contribution in [-0.4, -0.2) is 94.9 Å². The van der Waals surface area contributed by atoms with Crippen LogP contribution in [0.25, 0.3) is 0 Å². The lowest BCUT2D eigenvalue weighted by atomic mass is 10.3. The highest BCUT2D eigenvalue weighted by molar-refractivity contribution is 8.40. The zero-order valence-electron chi connectivity index (χ0n) is 18.9. The van der Waals surface area contributed by atoms with E-state index >= 15 is 0 Å². The third-order valence-electron chi connectivity index (χ3n) is 4.08.